The Kier molecular flexibility index (Phi) is 7.46. The monoisotopic (exact) mass is 443 g/mol. The normalized spacial score (nSPS) is 19.3. The predicted molar refractivity (Wildman–Crippen MR) is 117 cm³/mol. The minimum atomic E-state index is -0.601. The van der Waals surface area contributed by atoms with Gasteiger partial charge in [0.2, 0.25) is 11.8 Å². The van der Waals surface area contributed by atoms with Gasteiger partial charge in [0, 0.05) is 17.0 Å². The van der Waals surface area contributed by atoms with Gasteiger partial charge in [-0.05, 0) is 49.5 Å². The summed E-state index contributed by atoms with van der Waals surface area (Å²) in [6.07, 6.45) is 5.94. The average molecular weight is 444 g/mol. The quantitative estimate of drug-likeness (QED) is 0.467. The highest BCUT2D eigenvalue weighted by atomic mass is 35.5. The molecule has 1 fully saturated rings. The van der Waals surface area contributed by atoms with Crippen molar-refractivity contribution in [2.75, 3.05) is 0 Å². The number of benzene rings is 1. The molecule has 1 aliphatic rings. The molecule has 1 heterocycles. The third-order valence-corrected chi connectivity index (χ3v) is 5.78. The maximum atomic E-state index is 13.0. The number of H-pyrrole nitrogens is 1. The van der Waals surface area contributed by atoms with Gasteiger partial charge in [0.25, 0.3) is 5.91 Å². The van der Waals surface area contributed by atoms with E-state index in [0.717, 1.165) is 31.4 Å². The van der Waals surface area contributed by atoms with Gasteiger partial charge in [-0.15, -0.1) is 0 Å². The number of halogens is 1. The van der Waals surface area contributed by atoms with Gasteiger partial charge in [-0.25, -0.2) is 0 Å². The van der Waals surface area contributed by atoms with E-state index in [1.165, 1.54) is 12.3 Å². The van der Waals surface area contributed by atoms with Gasteiger partial charge in [0.15, 0.2) is 0 Å². The van der Waals surface area contributed by atoms with Gasteiger partial charge >= 0.3 is 0 Å². The second-order valence-electron chi connectivity index (χ2n) is 7.71. The van der Waals surface area contributed by atoms with Crippen molar-refractivity contribution in [3.05, 3.63) is 65.0 Å². The van der Waals surface area contributed by atoms with E-state index in [9.17, 15) is 14.4 Å². The molecule has 0 aliphatic heterocycles. The summed E-state index contributed by atoms with van der Waals surface area (Å²) >= 11 is 6.07. The van der Waals surface area contributed by atoms with Gasteiger partial charge in [-0.2, -0.15) is 5.10 Å². The highest BCUT2D eigenvalue weighted by Gasteiger charge is 2.28. The summed E-state index contributed by atoms with van der Waals surface area (Å²) < 4.78 is 0. The first-order chi connectivity index (χ1) is 14.9. The maximum Gasteiger partial charge on any atom is 0.255 e. The Morgan fingerprint density at radius 1 is 1.29 bits per heavy atom. The van der Waals surface area contributed by atoms with Crippen LogP contribution in [0.25, 0.3) is 0 Å². The molecule has 31 heavy (non-hydrogen) atoms. The third kappa shape index (κ3) is 5.95. The summed E-state index contributed by atoms with van der Waals surface area (Å²) in [6.45, 7) is 3.47. The van der Waals surface area contributed by atoms with Crippen LogP contribution in [0.2, 0.25) is 5.02 Å². The van der Waals surface area contributed by atoms with E-state index in [4.69, 9.17) is 17.3 Å². The van der Waals surface area contributed by atoms with Crippen molar-refractivity contribution in [3.8, 4) is 0 Å². The molecular weight excluding hydrogens is 418 g/mol. The summed E-state index contributed by atoms with van der Waals surface area (Å²) in [5.41, 5.74) is 7.29. The molecular formula is C22H26ClN5O3. The zero-order valence-electron chi connectivity index (χ0n) is 17.1. The molecule has 0 radical (unpaired) electrons. The number of aromatic amines is 1. The highest BCUT2D eigenvalue weighted by Crippen LogP contribution is 2.33. The number of nitrogens with two attached hydrogens (primary N) is 1. The number of carbonyl (C=O) groups excluding carboxylic acids is 3. The first-order valence-corrected chi connectivity index (χ1v) is 10.6. The molecule has 3 amide bonds. The van der Waals surface area contributed by atoms with Gasteiger partial charge < -0.3 is 16.4 Å². The topological polar surface area (TPSA) is 130 Å². The fourth-order valence-corrected chi connectivity index (χ4v) is 4.19. The Morgan fingerprint density at radius 3 is 2.68 bits per heavy atom. The largest absolute Gasteiger partial charge is 0.370 e. The van der Waals surface area contributed by atoms with Crippen LogP contribution in [-0.2, 0) is 9.59 Å². The van der Waals surface area contributed by atoms with Crippen molar-refractivity contribution in [2.45, 2.75) is 50.1 Å². The SMILES string of the molecule is C=CC(=O)NC1CCC(c2[nH]ncc2C(=O)N[C@H](CC(N)=O)c2cccc(Cl)c2)CC1. The van der Waals surface area contributed by atoms with E-state index in [-0.39, 0.29) is 30.2 Å². The Balaban J connectivity index is 1.70. The van der Waals surface area contributed by atoms with Crippen LogP contribution in [0.4, 0.5) is 0 Å². The van der Waals surface area contributed by atoms with Crippen molar-refractivity contribution < 1.29 is 14.4 Å². The van der Waals surface area contributed by atoms with Crippen LogP contribution in [0.5, 0.6) is 0 Å². The van der Waals surface area contributed by atoms with Gasteiger partial charge in [-0.1, -0.05) is 30.3 Å². The maximum absolute atomic E-state index is 13.0. The zero-order chi connectivity index (χ0) is 22.4. The smallest absolute Gasteiger partial charge is 0.255 e. The summed E-state index contributed by atoms with van der Waals surface area (Å²) in [6, 6.07) is 6.46. The average Bonchev–Trinajstić information content (AvgIpc) is 3.23. The first kappa shape index (κ1) is 22.6. The molecule has 9 heteroatoms. The fraction of sp³-hybridized carbons (Fsp3) is 0.364. The summed E-state index contributed by atoms with van der Waals surface area (Å²) in [5, 5.41) is 13.3. The van der Waals surface area contributed by atoms with Crippen LogP contribution in [-0.4, -0.2) is 34.0 Å². The van der Waals surface area contributed by atoms with Crippen LogP contribution >= 0.6 is 11.6 Å². The Morgan fingerprint density at radius 2 is 2.03 bits per heavy atom. The van der Waals surface area contributed by atoms with Crippen LogP contribution < -0.4 is 16.4 Å². The van der Waals surface area contributed by atoms with Crippen LogP contribution in [0.1, 0.15) is 65.7 Å². The van der Waals surface area contributed by atoms with Crippen LogP contribution in [0.3, 0.4) is 0 Å². The number of primary amides is 1. The molecule has 5 N–H and O–H groups in total. The number of nitrogens with zero attached hydrogens (tertiary/aromatic N) is 1. The molecule has 2 aromatic rings. The molecule has 1 atom stereocenters. The van der Waals surface area contributed by atoms with Crippen molar-refractivity contribution >= 4 is 29.3 Å². The number of carbonyl (C=O) groups is 3. The van der Waals surface area contributed by atoms with Crippen molar-refractivity contribution in [1.29, 1.82) is 0 Å². The molecule has 1 aromatic heterocycles. The van der Waals surface area contributed by atoms with E-state index in [1.807, 2.05) is 0 Å². The van der Waals surface area contributed by atoms with Crippen molar-refractivity contribution in [2.24, 2.45) is 5.73 Å². The van der Waals surface area contributed by atoms with E-state index in [2.05, 4.69) is 27.4 Å². The number of amides is 3. The van der Waals surface area contributed by atoms with Gasteiger partial charge in [-0.3, -0.25) is 19.5 Å². The van der Waals surface area contributed by atoms with Gasteiger partial charge in [0.1, 0.15) is 0 Å². The molecule has 164 valence electrons. The van der Waals surface area contributed by atoms with E-state index in [0.29, 0.717) is 16.1 Å². The summed E-state index contributed by atoms with van der Waals surface area (Å²) in [7, 11) is 0. The number of rotatable bonds is 8. The summed E-state index contributed by atoms with van der Waals surface area (Å²) in [4.78, 5) is 36.1. The standard InChI is InChI=1S/C22H26ClN5O3/c1-2-20(30)26-16-8-6-13(7-9-16)21-17(12-25-28-21)22(31)27-18(11-19(24)29)14-4-3-5-15(23)10-14/h2-5,10,12-13,16,18H,1,6-9,11H2,(H2,24,29)(H,25,28)(H,26,30)(H,27,31)/t13?,16?,18-/m1/s1. The Hall–Kier alpha value is -3.13. The van der Waals surface area contributed by atoms with E-state index >= 15 is 0 Å². The Labute approximate surface area is 185 Å². The molecule has 8 nitrogen and oxygen atoms in total. The van der Waals surface area contributed by atoms with Gasteiger partial charge in [0.05, 0.1) is 29.9 Å². The third-order valence-electron chi connectivity index (χ3n) is 5.54. The van der Waals surface area contributed by atoms with Crippen LogP contribution in [0, 0.1) is 0 Å². The fourth-order valence-electron chi connectivity index (χ4n) is 3.99. The lowest BCUT2D eigenvalue weighted by Crippen LogP contribution is -2.36. The second-order valence-corrected chi connectivity index (χ2v) is 8.15. The molecule has 0 saturated heterocycles. The molecule has 0 bridgehead atoms. The number of nitrogens with one attached hydrogen (secondary N) is 3. The lowest BCUT2D eigenvalue weighted by molar-refractivity contribution is -0.118. The molecule has 1 aromatic carbocycles. The lowest BCUT2D eigenvalue weighted by Gasteiger charge is -2.28. The highest BCUT2D eigenvalue weighted by molar-refractivity contribution is 6.30. The zero-order valence-corrected chi connectivity index (χ0v) is 17.8. The van der Waals surface area contributed by atoms with Crippen molar-refractivity contribution in [1.82, 2.24) is 20.8 Å². The van der Waals surface area contributed by atoms with Crippen LogP contribution in [0.15, 0.2) is 43.1 Å². The molecule has 1 aliphatic carbocycles. The lowest BCUT2D eigenvalue weighted by atomic mass is 9.83. The van der Waals surface area contributed by atoms with E-state index < -0.39 is 11.9 Å². The van der Waals surface area contributed by atoms with Crippen molar-refractivity contribution in [3.63, 3.8) is 0 Å². The minimum absolute atomic E-state index is 0.0482. The molecule has 0 spiro atoms. The molecule has 3 rings (SSSR count). The van der Waals surface area contributed by atoms with E-state index in [1.54, 1.807) is 24.3 Å². The summed E-state index contributed by atoms with van der Waals surface area (Å²) in [5.74, 6) is -0.915. The first-order valence-electron chi connectivity index (χ1n) is 10.2. The number of hydrogen-bond acceptors (Lipinski definition) is 4. The molecule has 1 saturated carbocycles. The predicted octanol–water partition coefficient (Wildman–Crippen LogP) is 2.74. The number of hydrogen-bond donors (Lipinski definition) is 4. The second kappa shape index (κ2) is 10.3. The number of aromatic nitrogens is 2. The molecule has 0 unspecified atom stereocenters. The Bertz CT molecular complexity index is 966. The minimum Gasteiger partial charge on any atom is -0.370 e.